The average Bonchev–Trinajstić information content (AvgIpc) is 2.37. The van der Waals surface area contributed by atoms with Gasteiger partial charge >= 0.3 is 0 Å². The van der Waals surface area contributed by atoms with Crippen LogP contribution in [0.5, 0.6) is 0 Å². The van der Waals surface area contributed by atoms with Crippen molar-refractivity contribution in [2.24, 2.45) is 0 Å². The van der Waals surface area contributed by atoms with E-state index in [2.05, 4.69) is 6.92 Å². The molecule has 0 N–H and O–H groups in total. The van der Waals surface area contributed by atoms with Crippen LogP contribution in [-0.2, 0) is 10.8 Å². The van der Waals surface area contributed by atoms with Gasteiger partial charge in [0.15, 0.2) is 0 Å². The smallest absolute Gasteiger partial charge is 0.0802 e. The summed E-state index contributed by atoms with van der Waals surface area (Å²) in [6.45, 7) is 2.21. The zero-order chi connectivity index (χ0) is 8.10. The molecule has 1 fully saturated rings. The molecule has 0 aliphatic carbocycles. The Morgan fingerprint density at radius 2 is 2.36 bits per heavy atom. The van der Waals surface area contributed by atoms with Crippen LogP contribution < -0.4 is 0 Å². The molecule has 0 saturated carbocycles. The van der Waals surface area contributed by atoms with Crippen LogP contribution in [0.2, 0.25) is 0 Å². The Labute approximate surface area is 75.8 Å². The molecular formula is C8H16OS2. The lowest BCUT2D eigenvalue weighted by Crippen LogP contribution is -2.05. The van der Waals surface area contributed by atoms with Crippen molar-refractivity contribution in [3.8, 4) is 0 Å². The molecule has 3 heteroatoms. The molecule has 66 valence electrons. The standard InChI is InChI=1S/C8H16OS2/c1-2-3-4-5-8-10-6-7-11(8)9/h8H,2-7H2,1H3. The highest BCUT2D eigenvalue weighted by Crippen LogP contribution is 2.27. The molecule has 1 nitrogen and oxygen atoms in total. The zero-order valence-electron chi connectivity index (χ0n) is 7.04. The quantitative estimate of drug-likeness (QED) is 0.636. The highest BCUT2D eigenvalue weighted by molar-refractivity contribution is 8.14. The summed E-state index contributed by atoms with van der Waals surface area (Å²) in [6.07, 6.45) is 5.00. The fourth-order valence-corrected chi connectivity index (χ4v) is 4.76. The summed E-state index contributed by atoms with van der Waals surface area (Å²) >= 11 is 1.90. The van der Waals surface area contributed by atoms with E-state index >= 15 is 0 Å². The molecule has 0 radical (unpaired) electrons. The van der Waals surface area contributed by atoms with Crippen molar-refractivity contribution in [2.75, 3.05) is 11.5 Å². The van der Waals surface area contributed by atoms with E-state index in [-0.39, 0.29) is 0 Å². The van der Waals surface area contributed by atoms with E-state index in [1.54, 1.807) is 0 Å². The van der Waals surface area contributed by atoms with Gasteiger partial charge in [0.25, 0.3) is 0 Å². The molecule has 2 unspecified atom stereocenters. The average molecular weight is 192 g/mol. The van der Waals surface area contributed by atoms with Gasteiger partial charge in [-0.3, -0.25) is 4.21 Å². The van der Waals surface area contributed by atoms with Gasteiger partial charge in [0.2, 0.25) is 0 Å². The number of rotatable bonds is 4. The van der Waals surface area contributed by atoms with E-state index < -0.39 is 10.8 Å². The predicted molar refractivity (Wildman–Crippen MR) is 53.4 cm³/mol. The Morgan fingerprint density at radius 3 is 2.91 bits per heavy atom. The summed E-state index contributed by atoms with van der Waals surface area (Å²) in [5.74, 6) is 2.05. The second kappa shape index (κ2) is 5.20. The van der Waals surface area contributed by atoms with Gasteiger partial charge in [-0.1, -0.05) is 26.2 Å². The maximum absolute atomic E-state index is 11.3. The minimum absolute atomic E-state index is 0.474. The second-order valence-electron chi connectivity index (χ2n) is 2.88. The first-order valence-corrected chi connectivity index (χ1v) is 6.76. The van der Waals surface area contributed by atoms with Crippen LogP contribution in [0.25, 0.3) is 0 Å². The molecule has 0 bridgehead atoms. The number of thioether (sulfide) groups is 1. The monoisotopic (exact) mass is 192 g/mol. The normalized spacial score (nSPS) is 31.0. The Kier molecular flexibility index (Phi) is 4.53. The van der Waals surface area contributed by atoms with Gasteiger partial charge in [0.05, 0.1) is 4.58 Å². The van der Waals surface area contributed by atoms with Crippen LogP contribution in [0.3, 0.4) is 0 Å². The third-order valence-electron chi connectivity index (χ3n) is 1.92. The molecule has 0 aromatic rings. The van der Waals surface area contributed by atoms with Crippen LogP contribution >= 0.6 is 11.8 Å². The van der Waals surface area contributed by atoms with Crippen LogP contribution in [0, 0.1) is 0 Å². The van der Waals surface area contributed by atoms with Crippen LogP contribution in [0.1, 0.15) is 32.6 Å². The SMILES string of the molecule is CCCCCC1SCCS1=O. The summed E-state index contributed by atoms with van der Waals surface area (Å²) in [5, 5.41) is 0. The predicted octanol–water partition coefficient (Wildman–Crippen LogP) is 2.39. The Bertz CT molecular complexity index is 136. The highest BCUT2D eigenvalue weighted by atomic mass is 32.2. The topological polar surface area (TPSA) is 17.1 Å². The minimum atomic E-state index is -0.501. The number of hydrogen-bond donors (Lipinski definition) is 0. The second-order valence-corrected chi connectivity index (χ2v) is 6.23. The maximum atomic E-state index is 11.3. The van der Waals surface area contributed by atoms with Gasteiger partial charge in [-0.05, 0) is 6.42 Å². The molecule has 0 amide bonds. The van der Waals surface area contributed by atoms with E-state index in [4.69, 9.17) is 0 Å². The third-order valence-corrected chi connectivity index (χ3v) is 5.71. The molecular weight excluding hydrogens is 176 g/mol. The number of unbranched alkanes of at least 4 members (excludes halogenated alkanes) is 2. The van der Waals surface area contributed by atoms with Crippen molar-refractivity contribution in [1.82, 2.24) is 0 Å². The van der Waals surface area contributed by atoms with Crippen molar-refractivity contribution < 1.29 is 4.21 Å². The molecule has 1 saturated heterocycles. The molecule has 1 aliphatic rings. The first-order valence-electron chi connectivity index (χ1n) is 4.33. The summed E-state index contributed by atoms with van der Waals surface area (Å²) < 4.78 is 11.7. The van der Waals surface area contributed by atoms with E-state index in [9.17, 15) is 4.21 Å². The van der Waals surface area contributed by atoms with E-state index in [0.717, 1.165) is 11.5 Å². The van der Waals surface area contributed by atoms with Gasteiger partial charge in [-0.25, -0.2) is 0 Å². The minimum Gasteiger partial charge on any atom is -0.258 e. The van der Waals surface area contributed by atoms with Gasteiger partial charge in [-0.2, -0.15) is 0 Å². The molecule has 1 heterocycles. The van der Waals surface area contributed by atoms with E-state index in [1.165, 1.54) is 25.7 Å². The van der Waals surface area contributed by atoms with Gasteiger partial charge in [0, 0.05) is 22.3 Å². The molecule has 1 rings (SSSR count). The van der Waals surface area contributed by atoms with Crippen molar-refractivity contribution in [3.63, 3.8) is 0 Å². The Hall–Kier alpha value is 0.500. The molecule has 1 aliphatic heterocycles. The zero-order valence-corrected chi connectivity index (χ0v) is 8.68. The largest absolute Gasteiger partial charge is 0.258 e. The summed E-state index contributed by atoms with van der Waals surface area (Å²) in [5.41, 5.74) is 0. The van der Waals surface area contributed by atoms with E-state index in [0.29, 0.717) is 4.58 Å². The van der Waals surface area contributed by atoms with Crippen LogP contribution in [0.4, 0.5) is 0 Å². The van der Waals surface area contributed by atoms with E-state index in [1.807, 2.05) is 11.8 Å². The van der Waals surface area contributed by atoms with Gasteiger partial charge in [-0.15, -0.1) is 11.8 Å². The molecule has 2 atom stereocenters. The van der Waals surface area contributed by atoms with Crippen molar-refractivity contribution in [1.29, 1.82) is 0 Å². The fourth-order valence-electron chi connectivity index (χ4n) is 1.24. The molecule has 0 spiro atoms. The Morgan fingerprint density at radius 1 is 1.55 bits per heavy atom. The lowest BCUT2D eigenvalue weighted by atomic mass is 10.2. The van der Waals surface area contributed by atoms with Crippen LogP contribution in [-0.4, -0.2) is 20.3 Å². The highest BCUT2D eigenvalue weighted by Gasteiger charge is 2.22. The third kappa shape index (κ3) is 3.16. The fraction of sp³-hybridized carbons (Fsp3) is 1.00. The lowest BCUT2D eigenvalue weighted by molar-refractivity contribution is 0.664. The first-order chi connectivity index (χ1) is 5.34. The van der Waals surface area contributed by atoms with Crippen molar-refractivity contribution in [2.45, 2.75) is 37.2 Å². The van der Waals surface area contributed by atoms with Gasteiger partial charge < -0.3 is 0 Å². The lowest BCUT2D eigenvalue weighted by Gasteiger charge is -2.05. The number of hydrogen-bond acceptors (Lipinski definition) is 2. The van der Waals surface area contributed by atoms with Crippen molar-refractivity contribution >= 4 is 22.6 Å². The van der Waals surface area contributed by atoms with Gasteiger partial charge in [0.1, 0.15) is 0 Å². The molecule has 0 aromatic heterocycles. The van der Waals surface area contributed by atoms with Crippen LogP contribution in [0.15, 0.2) is 0 Å². The summed E-state index contributed by atoms with van der Waals surface area (Å²) in [6, 6.07) is 0. The summed E-state index contributed by atoms with van der Waals surface area (Å²) in [7, 11) is -0.501. The first kappa shape index (κ1) is 9.59. The molecule has 11 heavy (non-hydrogen) atoms. The van der Waals surface area contributed by atoms with Crippen molar-refractivity contribution in [3.05, 3.63) is 0 Å². The summed E-state index contributed by atoms with van der Waals surface area (Å²) in [4.78, 5) is 0. The Balaban J connectivity index is 2.10. The molecule has 0 aromatic carbocycles. The maximum Gasteiger partial charge on any atom is 0.0802 e.